The zero-order valence-electron chi connectivity index (χ0n) is 16.4. The third-order valence-corrected chi connectivity index (χ3v) is 6.42. The fourth-order valence-electron chi connectivity index (χ4n) is 2.46. The molecule has 3 aromatic carbocycles. The number of ether oxygens (including phenoxy) is 1. The first-order valence-electron chi connectivity index (χ1n) is 9.47. The Morgan fingerprint density at radius 3 is 1.69 bits per heavy atom. The average Bonchev–Trinajstić information content (AvgIpc) is 3.20. The van der Waals surface area contributed by atoms with Crippen molar-refractivity contribution in [2.45, 2.75) is 23.1 Å². The maximum atomic E-state index is 5.51. The predicted octanol–water partition coefficient (Wildman–Crippen LogP) is 7.70. The summed E-state index contributed by atoms with van der Waals surface area (Å²) < 4.78 is 10.7. The molecule has 4 heteroatoms. The highest BCUT2D eigenvalue weighted by Crippen LogP contribution is 2.36. The van der Waals surface area contributed by atoms with Crippen molar-refractivity contribution < 1.29 is 9.15 Å². The fourth-order valence-corrected chi connectivity index (χ4v) is 4.43. The zero-order chi connectivity index (χ0) is 20.2. The summed E-state index contributed by atoms with van der Waals surface area (Å²) in [6.07, 6.45) is 2.55. The van der Waals surface area contributed by atoms with Gasteiger partial charge in [-0.15, -0.1) is 0 Å². The molecule has 0 radical (unpaired) electrons. The fraction of sp³-hybridized carbons (Fsp3) is 0.120. The van der Waals surface area contributed by atoms with E-state index < -0.39 is 0 Å². The van der Waals surface area contributed by atoms with Crippen LogP contribution in [-0.2, 0) is 6.42 Å². The summed E-state index contributed by atoms with van der Waals surface area (Å²) in [4.78, 5) is 2.59. The van der Waals surface area contributed by atoms with Crippen molar-refractivity contribution in [2.75, 3.05) is 6.61 Å². The van der Waals surface area contributed by atoms with Gasteiger partial charge in [-0.25, -0.2) is 0 Å². The van der Waals surface area contributed by atoms with Gasteiger partial charge in [0.05, 0.1) is 12.9 Å². The van der Waals surface area contributed by atoms with E-state index in [1.807, 2.05) is 43.3 Å². The summed E-state index contributed by atoms with van der Waals surface area (Å²) >= 11 is 0. The molecular formula is C25H24O2S2. The molecule has 4 aromatic rings. The third-order valence-electron chi connectivity index (χ3n) is 4.00. The molecular weight excluding hydrogens is 396 g/mol. The van der Waals surface area contributed by atoms with Crippen LogP contribution < -0.4 is 4.74 Å². The molecule has 1 heterocycles. The molecule has 0 aliphatic rings. The molecule has 4 rings (SSSR count). The van der Waals surface area contributed by atoms with E-state index in [0.717, 1.165) is 12.0 Å². The molecule has 29 heavy (non-hydrogen) atoms. The number of rotatable bonds is 7. The second kappa shape index (κ2) is 12.1. The molecule has 0 amide bonds. The first-order chi connectivity index (χ1) is 14.3. The lowest BCUT2D eigenvalue weighted by atomic mass is 10.2. The zero-order valence-corrected chi connectivity index (χ0v) is 18.0. The second-order valence-corrected chi connectivity index (χ2v) is 8.54. The maximum absolute atomic E-state index is 5.51. The van der Waals surface area contributed by atoms with Crippen LogP contribution in [0.5, 0.6) is 5.95 Å². The Morgan fingerprint density at radius 1 is 0.690 bits per heavy atom. The smallest absolute Gasteiger partial charge is 0.287 e. The molecule has 0 saturated carbocycles. The van der Waals surface area contributed by atoms with Gasteiger partial charge in [0.1, 0.15) is 0 Å². The van der Waals surface area contributed by atoms with E-state index in [4.69, 9.17) is 9.15 Å². The summed E-state index contributed by atoms with van der Waals surface area (Å²) in [7, 11) is 3.58. The van der Waals surface area contributed by atoms with Crippen molar-refractivity contribution in [3.05, 3.63) is 114 Å². The maximum Gasteiger partial charge on any atom is 0.287 e. The largest absolute Gasteiger partial charge is 0.465 e. The summed E-state index contributed by atoms with van der Waals surface area (Å²) in [5.74, 6) is 0.630. The van der Waals surface area contributed by atoms with Crippen LogP contribution >= 0.6 is 21.6 Å². The Balaban J connectivity index is 0.000000166. The molecule has 0 fully saturated rings. The van der Waals surface area contributed by atoms with E-state index in [9.17, 15) is 0 Å². The standard InChI is InChI=1S/C13H14O2.C12H10S2/c1-11-7-9-14-13(11)15-10-8-12-5-3-2-4-6-12;1-3-7-11(8-4-1)13-14-12-9-5-2-6-10-12/h2-7,9H,8,10H2,1H3;1-10H. The molecule has 0 aliphatic heterocycles. The van der Waals surface area contributed by atoms with E-state index in [1.165, 1.54) is 15.4 Å². The number of benzene rings is 3. The van der Waals surface area contributed by atoms with Crippen molar-refractivity contribution in [3.8, 4) is 5.95 Å². The van der Waals surface area contributed by atoms with Crippen LogP contribution in [0.4, 0.5) is 0 Å². The Bertz CT molecular complexity index is 899. The van der Waals surface area contributed by atoms with E-state index >= 15 is 0 Å². The number of hydrogen-bond donors (Lipinski definition) is 0. The first-order valence-corrected chi connectivity index (χ1v) is 11.6. The van der Waals surface area contributed by atoms with Crippen molar-refractivity contribution in [1.29, 1.82) is 0 Å². The van der Waals surface area contributed by atoms with E-state index in [1.54, 1.807) is 27.9 Å². The van der Waals surface area contributed by atoms with Crippen LogP contribution in [0.1, 0.15) is 11.1 Å². The third kappa shape index (κ3) is 7.76. The van der Waals surface area contributed by atoms with Gasteiger partial charge in [0.25, 0.3) is 5.95 Å². The van der Waals surface area contributed by atoms with Gasteiger partial charge in [-0.3, -0.25) is 0 Å². The number of hydrogen-bond acceptors (Lipinski definition) is 4. The Labute approximate surface area is 180 Å². The van der Waals surface area contributed by atoms with E-state index in [2.05, 4.69) is 60.7 Å². The molecule has 0 spiro atoms. The highest BCUT2D eigenvalue weighted by Gasteiger charge is 2.02. The van der Waals surface area contributed by atoms with Gasteiger partial charge in [0.15, 0.2) is 0 Å². The number of aryl methyl sites for hydroxylation is 1. The molecule has 0 saturated heterocycles. The molecule has 148 valence electrons. The molecule has 0 unspecified atom stereocenters. The van der Waals surface area contributed by atoms with Gasteiger partial charge in [-0.1, -0.05) is 88.3 Å². The number of furan rings is 1. The summed E-state index contributed by atoms with van der Waals surface area (Å²) in [5.41, 5.74) is 2.32. The normalized spacial score (nSPS) is 10.1. The minimum absolute atomic E-state index is 0.630. The van der Waals surface area contributed by atoms with Crippen LogP contribution in [0.25, 0.3) is 0 Å². The molecule has 0 bridgehead atoms. The average molecular weight is 421 g/mol. The minimum Gasteiger partial charge on any atom is -0.465 e. The summed E-state index contributed by atoms with van der Waals surface area (Å²) in [5, 5.41) is 0. The lowest BCUT2D eigenvalue weighted by Crippen LogP contribution is -2.01. The first kappa shape index (κ1) is 21.2. The quantitative estimate of drug-likeness (QED) is 0.286. The topological polar surface area (TPSA) is 22.4 Å². The SMILES string of the molecule is Cc1ccoc1OCCc1ccccc1.c1ccc(SSc2ccccc2)cc1. The van der Waals surface area contributed by atoms with Crippen LogP contribution in [0, 0.1) is 6.92 Å². The Kier molecular flexibility index (Phi) is 8.83. The Morgan fingerprint density at radius 2 is 1.21 bits per heavy atom. The second-order valence-electron chi connectivity index (χ2n) is 6.27. The van der Waals surface area contributed by atoms with Gasteiger partial charge < -0.3 is 9.15 Å². The minimum atomic E-state index is 0.630. The van der Waals surface area contributed by atoms with Gasteiger partial charge >= 0.3 is 0 Å². The molecule has 1 aromatic heterocycles. The molecule has 2 nitrogen and oxygen atoms in total. The monoisotopic (exact) mass is 420 g/mol. The summed E-state index contributed by atoms with van der Waals surface area (Å²) in [6.45, 7) is 2.62. The van der Waals surface area contributed by atoms with Gasteiger partial charge in [0, 0.05) is 21.8 Å². The molecule has 0 atom stereocenters. The Hall–Kier alpha value is -2.56. The van der Waals surface area contributed by atoms with E-state index in [0.29, 0.717) is 12.6 Å². The van der Waals surface area contributed by atoms with Crippen LogP contribution in [0.2, 0.25) is 0 Å². The van der Waals surface area contributed by atoms with E-state index in [-0.39, 0.29) is 0 Å². The van der Waals surface area contributed by atoms with Crippen LogP contribution in [0.15, 0.2) is 118 Å². The van der Waals surface area contributed by atoms with Crippen molar-refractivity contribution in [3.63, 3.8) is 0 Å². The van der Waals surface area contributed by atoms with Crippen molar-refractivity contribution in [2.24, 2.45) is 0 Å². The summed E-state index contributed by atoms with van der Waals surface area (Å²) in [6, 6.07) is 33.0. The van der Waals surface area contributed by atoms with Crippen LogP contribution in [0.3, 0.4) is 0 Å². The lowest BCUT2D eigenvalue weighted by molar-refractivity contribution is 0.244. The highest BCUT2D eigenvalue weighted by atomic mass is 33.1. The van der Waals surface area contributed by atoms with Gasteiger partial charge in [-0.05, 0) is 42.8 Å². The predicted molar refractivity (Wildman–Crippen MR) is 124 cm³/mol. The highest BCUT2D eigenvalue weighted by molar-refractivity contribution is 8.76. The lowest BCUT2D eigenvalue weighted by Gasteiger charge is -2.03. The molecule has 0 N–H and O–H groups in total. The molecule has 0 aliphatic carbocycles. The van der Waals surface area contributed by atoms with Crippen LogP contribution in [-0.4, -0.2) is 6.61 Å². The van der Waals surface area contributed by atoms with Gasteiger partial charge in [-0.2, -0.15) is 0 Å². The van der Waals surface area contributed by atoms with Gasteiger partial charge in [0.2, 0.25) is 0 Å². The van der Waals surface area contributed by atoms with Crippen molar-refractivity contribution >= 4 is 21.6 Å². The van der Waals surface area contributed by atoms with Crippen molar-refractivity contribution in [1.82, 2.24) is 0 Å².